The molecule has 1 aromatic carbocycles. The van der Waals surface area contributed by atoms with E-state index in [9.17, 15) is 9.59 Å². The number of likely N-dealkylation sites (N-methyl/N-ethyl adjacent to an activating group) is 1. The van der Waals surface area contributed by atoms with Gasteiger partial charge in [-0.05, 0) is 43.9 Å². The van der Waals surface area contributed by atoms with E-state index >= 15 is 0 Å². The van der Waals surface area contributed by atoms with Crippen LogP contribution in [0.25, 0.3) is 0 Å². The molecular weight excluding hydrogens is 440 g/mol. The van der Waals surface area contributed by atoms with Crippen LogP contribution in [0.5, 0.6) is 5.75 Å². The molecule has 0 spiro atoms. The van der Waals surface area contributed by atoms with Gasteiger partial charge in [-0.15, -0.1) is 0 Å². The second-order valence-corrected chi connectivity index (χ2v) is 8.50. The van der Waals surface area contributed by atoms with E-state index in [0.29, 0.717) is 43.3 Å². The number of nitrogens with zero attached hydrogens (tertiary/aromatic N) is 3. The van der Waals surface area contributed by atoms with Crippen molar-refractivity contribution in [1.29, 1.82) is 0 Å². The molecule has 178 valence electrons. The van der Waals surface area contributed by atoms with Crippen LogP contribution in [-0.4, -0.2) is 67.2 Å². The number of amides is 2. The highest BCUT2D eigenvalue weighted by Gasteiger charge is 2.41. The molecular formula is C24H32N4O4S. The fraction of sp³-hybridized carbons (Fsp3) is 0.458. The molecule has 0 aromatic heterocycles. The number of carbonyl (C=O) groups excluding carboxylic acids is 2. The third kappa shape index (κ3) is 5.42. The van der Waals surface area contributed by atoms with Crippen molar-refractivity contribution in [3.05, 3.63) is 52.2 Å². The zero-order valence-electron chi connectivity index (χ0n) is 19.9. The highest BCUT2D eigenvalue weighted by molar-refractivity contribution is 8.16. The van der Waals surface area contributed by atoms with Gasteiger partial charge in [-0.1, -0.05) is 23.9 Å². The number of carbonyl (C=O) groups is 2. The first kappa shape index (κ1) is 24.9. The van der Waals surface area contributed by atoms with Crippen LogP contribution < -0.4 is 10.1 Å². The van der Waals surface area contributed by atoms with Gasteiger partial charge < -0.3 is 24.6 Å². The van der Waals surface area contributed by atoms with Crippen LogP contribution in [0.15, 0.2) is 51.6 Å². The van der Waals surface area contributed by atoms with Crippen LogP contribution in [0.4, 0.5) is 0 Å². The Kier molecular flexibility index (Phi) is 8.57. The third-order valence-corrected chi connectivity index (χ3v) is 6.55. The number of hydrogen-bond donors (Lipinski definition) is 1. The molecule has 9 heteroatoms. The molecule has 0 aliphatic carbocycles. The van der Waals surface area contributed by atoms with Crippen LogP contribution in [0, 0.1) is 0 Å². The molecule has 0 radical (unpaired) electrons. The van der Waals surface area contributed by atoms with Crippen molar-refractivity contribution in [2.45, 2.75) is 33.2 Å². The Hall–Kier alpha value is -2.78. The fourth-order valence-electron chi connectivity index (χ4n) is 3.97. The summed E-state index contributed by atoms with van der Waals surface area (Å²) in [6.07, 6.45) is 0.183. The van der Waals surface area contributed by atoms with Gasteiger partial charge in [0.15, 0.2) is 5.17 Å². The molecule has 1 unspecified atom stereocenters. The summed E-state index contributed by atoms with van der Waals surface area (Å²) in [6, 6.07) is 7.31. The second kappa shape index (κ2) is 11.4. The van der Waals surface area contributed by atoms with Gasteiger partial charge >= 0.3 is 0 Å². The zero-order valence-corrected chi connectivity index (χ0v) is 20.7. The minimum Gasteiger partial charge on any atom is -0.497 e. The Morgan fingerprint density at radius 3 is 2.67 bits per heavy atom. The molecule has 1 atom stereocenters. The molecule has 2 aliphatic rings. The number of rotatable bonds is 10. The van der Waals surface area contributed by atoms with E-state index in [0.717, 1.165) is 16.4 Å². The summed E-state index contributed by atoms with van der Waals surface area (Å²) >= 11 is 1.47. The van der Waals surface area contributed by atoms with Crippen molar-refractivity contribution in [3.8, 4) is 5.75 Å². The lowest BCUT2D eigenvalue weighted by Crippen LogP contribution is -2.42. The molecule has 2 amide bonds. The third-order valence-electron chi connectivity index (χ3n) is 5.66. The predicted molar refractivity (Wildman–Crippen MR) is 131 cm³/mol. The first-order chi connectivity index (χ1) is 15.9. The first-order valence-electron chi connectivity index (χ1n) is 11.1. The van der Waals surface area contributed by atoms with E-state index < -0.39 is 6.04 Å². The minimum absolute atomic E-state index is 0.0473. The molecule has 0 saturated carbocycles. The lowest BCUT2D eigenvalue weighted by molar-refractivity contribution is -0.127. The zero-order chi connectivity index (χ0) is 24.0. The van der Waals surface area contributed by atoms with Crippen molar-refractivity contribution < 1.29 is 19.1 Å². The monoisotopic (exact) mass is 472 g/mol. The SMILES string of the molecule is CCN(CC)C(=O)C1=C(C)N=C2SC=C(CC(=O)NCCOC)N2C1c1cccc(OC)c1. The van der Waals surface area contributed by atoms with Gasteiger partial charge in [0.25, 0.3) is 5.91 Å². The van der Waals surface area contributed by atoms with Crippen molar-refractivity contribution in [1.82, 2.24) is 15.1 Å². The Morgan fingerprint density at radius 1 is 1.24 bits per heavy atom. The number of benzene rings is 1. The van der Waals surface area contributed by atoms with E-state index in [1.165, 1.54) is 11.8 Å². The Bertz CT molecular complexity index is 984. The molecule has 1 aromatic rings. The number of allylic oxidation sites excluding steroid dienone is 1. The van der Waals surface area contributed by atoms with E-state index in [2.05, 4.69) is 5.32 Å². The number of aliphatic imine (C=N–C) groups is 1. The normalized spacial score (nSPS) is 17.4. The average Bonchev–Trinajstić information content (AvgIpc) is 3.20. The van der Waals surface area contributed by atoms with Crippen LogP contribution in [0.1, 0.15) is 38.8 Å². The number of thioether (sulfide) groups is 1. The number of hydrogen-bond acceptors (Lipinski definition) is 7. The Morgan fingerprint density at radius 2 is 2.00 bits per heavy atom. The van der Waals surface area contributed by atoms with Gasteiger partial charge in [-0.25, -0.2) is 4.99 Å². The van der Waals surface area contributed by atoms with Crippen LogP contribution >= 0.6 is 11.8 Å². The molecule has 0 bridgehead atoms. The molecule has 33 heavy (non-hydrogen) atoms. The molecule has 8 nitrogen and oxygen atoms in total. The maximum Gasteiger partial charge on any atom is 0.254 e. The van der Waals surface area contributed by atoms with Gasteiger partial charge in [0.2, 0.25) is 5.91 Å². The number of ether oxygens (including phenoxy) is 2. The predicted octanol–water partition coefficient (Wildman–Crippen LogP) is 3.29. The summed E-state index contributed by atoms with van der Waals surface area (Å²) in [5.74, 6) is 0.555. The van der Waals surface area contributed by atoms with Crippen molar-refractivity contribution in [3.63, 3.8) is 0 Å². The molecule has 2 heterocycles. The van der Waals surface area contributed by atoms with Crippen molar-refractivity contribution in [2.24, 2.45) is 4.99 Å². The number of fused-ring (bicyclic) bond motifs is 1. The average molecular weight is 473 g/mol. The van der Waals surface area contributed by atoms with Crippen molar-refractivity contribution >= 4 is 28.7 Å². The van der Waals surface area contributed by atoms with Crippen LogP contribution in [0.2, 0.25) is 0 Å². The Balaban J connectivity index is 2.02. The summed E-state index contributed by atoms with van der Waals surface area (Å²) in [6.45, 7) is 7.92. The molecule has 0 fully saturated rings. The minimum atomic E-state index is -0.409. The highest BCUT2D eigenvalue weighted by atomic mass is 32.2. The van der Waals surface area contributed by atoms with Gasteiger partial charge in [0.1, 0.15) is 5.75 Å². The maximum absolute atomic E-state index is 13.6. The van der Waals surface area contributed by atoms with Gasteiger partial charge in [-0.2, -0.15) is 0 Å². The lowest BCUT2D eigenvalue weighted by atomic mass is 9.92. The van der Waals surface area contributed by atoms with E-state index in [1.54, 1.807) is 19.1 Å². The molecule has 1 N–H and O–H groups in total. The smallest absolute Gasteiger partial charge is 0.254 e. The molecule has 2 aliphatic heterocycles. The Labute approximate surface area is 199 Å². The highest BCUT2D eigenvalue weighted by Crippen LogP contribution is 2.45. The number of amidine groups is 1. The van der Waals surface area contributed by atoms with Crippen LogP contribution in [-0.2, 0) is 14.3 Å². The van der Waals surface area contributed by atoms with Gasteiger partial charge in [0.05, 0.1) is 37.4 Å². The lowest BCUT2D eigenvalue weighted by Gasteiger charge is -2.38. The topological polar surface area (TPSA) is 83.5 Å². The quantitative estimate of drug-likeness (QED) is 0.526. The summed E-state index contributed by atoms with van der Waals surface area (Å²) < 4.78 is 10.5. The van der Waals surface area contributed by atoms with E-state index in [4.69, 9.17) is 14.5 Å². The summed E-state index contributed by atoms with van der Waals surface area (Å²) in [7, 11) is 3.22. The maximum atomic E-state index is 13.6. The van der Waals surface area contributed by atoms with E-state index in [-0.39, 0.29) is 18.2 Å². The fourth-order valence-corrected chi connectivity index (χ4v) is 4.94. The van der Waals surface area contributed by atoms with Crippen molar-refractivity contribution in [2.75, 3.05) is 40.5 Å². The van der Waals surface area contributed by atoms with Crippen LogP contribution in [0.3, 0.4) is 0 Å². The molecule has 3 rings (SSSR count). The van der Waals surface area contributed by atoms with Gasteiger partial charge in [-0.3, -0.25) is 9.59 Å². The largest absolute Gasteiger partial charge is 0.497 e. The summed E-state index contributed by atoms with van der Waals surface area (Å²) in [5, 5.41) is 5.58. The second-order valence-electron chi connectivity index (χ2n) is 7.67. The number of nitrogens with one attached hydrogen (secondary N) is 1. The first-order valence-corrected chi connectivity index (χ1v) is 12.0. The summed E-state index contributed by atoms with van der Waals surface area (Å²) in [4.78, 5) is 34.8. The summed E-state index contributed by atoms with van der Waals surface area (Å²) in [5.41, 5.74) is 3.02. The van der Waals surface area contributed by atoms with E-state index in [1.807, 2.05) is 55.3 Å². The van der Waals surface area contributed by atoms with Gasteiger partial charge in [0, 0.05) is 32.4 Å². The standard InChI is InChI=1S/C24H32N4O4S/c1-6-27(7-2)23(30)21-16(3)26-24-28(22(21)17-9-8-10-19(13-17)32-5)18(15-33-24)14-20(29)25-11-12-31-4/h8-10,13,15,22H,6-7,11-12,14H2,1-5H3,(H,25,29). The number of methoxy groups -OCH3 is 2. The molecule has 0 saturated heterocycles.